The van der Waals surface area contributed by atoms with Crippen molar-refractivity contribution in [2.45, 2.75) is 5.75 Å². The standard InChI is InChI=1S/C15H13Cl2NO2S/c16-12-6-2-1-5-11(12)9-21(20)10-15(19)18-14-8-4-3-7-13(14)17/h1-8H,9-10H2,(H,18,19)/t21-/m1/s1. The van der Waals surface area contributed by atoms with Crippen LogP contribution >= 0.6 is 23.2 Å². The zero-order chi connectivity index (χ0) is 15.2. The van der Waals surface area contributed by atoms with Gasteiger partial charge in [0.2, 0.25) is 5.91 Å². The summed E-state index contributed by atoms with van der Waals surface area (Å²) in [7, 11) is -1.33. The first kappa shape index (κ1) is 16.0. The number of carbonyl (C=O) groups excluding carboxylic acids is 1. The Morgan fingerprint density at radius 1 is 1.00 bits per heavy atom. The minimum absolute atomic E-state index is 0.101. The summed E-state index contributed by atoms with van der Waals surface area (Å²) in [6, 6.07) is 14.1. The average Bonchev–Trinajstić information content (AvgIpc) is 2.44. The number of benzene rings is 2. The number of carbonyl (C=O) groups is 1. The summed E-state index contributed by atoms with van der Waals surface area (Å²) in [5.41, 5.74) is 1.28. The molecule has 110 valence electrons. The fourth-order valence-corrected chi connectivity index (χ4v) is 3.27. The summed E-state index contributed by atoms with van der Waals surface area (Å²) in [4.78, 5) is 11.9. The number of halogens is 2. The van der Waals surface area contributed by atoms with Crippen LogP contribution in [0.15, 0.2) is 48.5 Å². The van der Waals surface area contributed by atoms with Gasteiger partial charge in [-0.3, -0.25) is 9.00 Å². The molecule has 0 bridgehead atoms. The van der Waals surface area contributed by atoms with Gasteiger partial charge in [-0.05, 0) is 23.8 Å². The third-order valence-corrected chi connectivity index (χ3v) is 4.63. The van der Waals surface area contributed by atoms with Crippen LogP contribution in [0.1, 0.15) is 5.56 Å². The molecule has 0 fully saturated rings. The van der Waals surface area contributed by atoms with Crippen LogP contribution in [0.2, 0.25) is 10.0 Å². The summed E-state index contributed by atoms with van der Waals surface area (Å²) in [5.74, 6) is -0.194. The number of anilines is 1. The highest BCUT2D eigenvalue weighted by atomic mass is 35.5. The molecule has 0 heterocycles. The highest BCUT2D eigenvalue weighted by Crippen LogP contribution is 2.20. The van der Waals surface area contributed by atoms with E-state index in [-0.39, 0.29) is 17.4 Å². The Balaban J connectivity index is 1.93. The first-order valence-corrected chi connectivity index (χ1v) is 8.43. The van der Waals surface area contributed by atoms with E-state index in [9.17, 15) is 9.00 Å². The molecule has 1 atom stereocenters. The predicted molar refractivity (Wildman–Crippen MR) is 88.2 cm³/mol. The summed E-state index contributed by atoms with van der Waals surface area (Å²) < 4.78 is 12.0. The van der Waals surface area contributed by atoms with Gasteiger partial charge in [-0.25, -0.2) is 0 Å². The van der Waals surface area contributed by atoms with Crippen molar-refractivity contribution >= 4 is 45.6 Å². The molecule has 0 saturated carbocycles. The molecule has 0 saturated heterocycles. The van der Waals surface area contributed by atoms with E-state index in [1.54, 1.807) is 42.5 Å². The van der Waals surface area contributed by atoms with Crippen molar-refractivity contribution in [1.29, 1.82) is 0 Å². The fraction of sp³-hybridized carbons (Fsp3) is 0.133. The van der Waals surface area contributed by atoms with Crippen molar-refractivity contribution < 1.29 is 9.00 Å². The molecule has 0 aliphatic carbocycles. The first-order valence-electron chi connectivity index (χ1n) is 6.19. The zero-order valence-corrected chi connectivity index (χ0v) is 13.3. The van der Waals surface area contributed by atoms with Crippen LogP contribution in [0.3, 0.4) is 0 Å². The summed E-state index contributed by atoms with van der Waals surface area (Å²) >= 11 is 12.0. The molecule has 21 heavy (non-hydrogen) atoms. The van der Waals surface area contributed by atoms with Crippen molar-refractivity contribution in [2.24, 2.45) is 0 Å². The van der Waals surface area contributed by atoms with Crippen LogP contribution in [-0.4, -0.2) is 15.9 Å². The quantitative estimate of drug-likeness (QED) is 0.896. The molecule has 0 aliphatic rings. The Bertz CT molecular complexity index is 619. The van der Waals surface area contributed by atoms with Crippen molar-refractivity contribution in [1.82, 2.24) is 0 Å². The fourth-order valence-electron chi connectivity index (χ4n) is 1.74. The third kappa shape index (κ3) is 4.84. The maximum absolute atomic E-state index is 12.0. The average molecular weight is 342 g/mol. The van der Waals surface area contributed by atoms with Crippen LogP contribution in [0.4, 0.5) is 5.69 Å². The highest BCUT2D eigenvalue weighted by Gasteiger charge is 2.11. The Hall–Kier alpha value is -1.36. The monoisotopic (exact) mass is 341 g/mol. The maximum atomic E-state index is 12.0. The molecule has 1 amide bonds. The molecule has 2 aromatic carbocycles. The number of hydrogen-bond acceptors (Lipinski definition) is 2. The Kier molecular flexibility index (Phi) is 5.79. The lowest BCUT2D eigenvalue weighted by molar-refractivity contribution is -0.113. The van der Waals surface area contributed by atoms with Crippen LogP contribution in [0, 0.1) is 0 Å². The maximum Gasteiger partial charge on any atom is 0.237 e. The minimum Gasteiger partial charge on any atom is -0.324 e. The molecule has 3 nitrogen and oxygen atoms in total. The van der Waals surface area contributed by atoms with E-state index in [1.165, 1.54) is 0 Å². The largest absolute Gasteiger partial charge is 0.324 e. The molecular formula is C15H13Cl2NO2S. The highest BCUT2D eigenvalue weighted by molar-refractivity contribution is 7.85. The van der Waals surface area contributed by atoms with Crippen LogP contribution in [-0.2, 0) is 21.3 Å². The Morgan fingerprint density at radius 3 is 2.29 bits per heavy atom. The topological polar surface area (TPSA) is 46.2 Å². The second-order valence-corrected chi connectivity index (χ2v) is 6.62. The van der Waals surface area contributed by atoms with Crippen molar-refractivity contribution in [3.8, 4) is 0 Å². The van der Waals surface area contributed by atoms with E-state index in [4.69, 9.17) is 23.2 Å². The van der Waals surface area contributed by atoms with E-state index in [2.05, 4.69) is 5.32 Å². The summed E-state index contributed by atoms with van der Waals surface area (Å²) in [6.45, 7) is 0. The van der Waals surface area contributed by atoms with E-state index in [0.29, 0.717) is 15.7 Å². The molecular weight excluding hydrogens is 329 g/mol. The van der Waals surface area contributed by atoms with Crippen molar-refractivity contribution in [2.75, 3.05) is 11.1 Å². The van der Waals surface area contributed by atoms with Gasteiger partial charge >= 0.3 is 0 Å². The van der Waals surface area contributed by atoms with Crippen LogP contribution in [0.25, 0.3) is 0 Å². The number of rotatable bonds is 5. The zero-order valence-electron chi connectivity index (χ0n) is 11.0. The van der Waals surface area contributed by atoms with Gasteiger partial charge in [-0.15, -0.1) is 0 Å². The van der Waals surface area contributed by atoms with Gasteiger partial charge < -0.3 is 5.32 Å². The second-order valence-electron chi connectivity index (χ2n) is 4.35. The molecule has 2 aromatic rings. The van der Waals surface area contributed by atoms with Gasteiger partial charge in [0.05, 0.1) is 16.5 Å². The van der Waals surface area contributed by atoms with Crippen molar-refractivity contribution in [3.05, 3.63) is 64.1 Å². The summed E-state index contributed by atoms with van der Waals surface area (Å²) in [5, 5.41) is 3.64. The Labute approximate surface area is 135 Å². The number of hydrogen-bond donors (Lipinski definition) is 1. The number of para-hydroxylation sites is 1. The summed E-state index contributed by atoms with van der Waals surface area (Å²) in [6.07, 6.45) is 0. The molecule has 2 rings (SSSR count). The molecule has 0 unspecified atom stereocenters. The van der Waals surface area contributed by atoms with Crippen LogP contribution in [0.5, 0.6) is 0 Å². The van der Waals surface area contributed by atoms with Gasteiger partial charge in [0, 0.05) is 15.8 Å². The second kappa shape index (κ2) is 7.59. The van der Waals surface area contributed by atoms with Gasteiger partial charge in [-0.1, -0.05) is 53.5 Å². The predicted octanol–water partition coefficient (Wildman–Crippen LogP) is 3.88. The molecule has 1 N–H and O–H groups in total. The molecule has 0 spiro atoms. The lowest BCUT2D eigenvalue weighted by atomic mass is 10.2. The lowest BCUT2D eigenvalue weighted by Crippen LogP contribution is -2.20. The number of nitrogens with one attached hydrogen (secondary N) is 1. The van der Waals surface area contributed by atoms with Gasteiger partial charge in [-0.2, -0.15) is 0 Å². The van der Waals surface area contributed by atoms with Gasteiger partial charge in [0.15, 0.2) is 0 Å². The van der Waals surface area contributed by atoms with Crippen LogP contribution < -0.4 is 5.32 Å². The van der Waals surface area contributed by atoms with Crippen molar-refractivity contribution in [3.63, 3.8) is 0 Å². The minimum atomic E-state index is -1.33. The molecule has 0 aromatic heterocycles. The van der Waals surface area contributed by atoms with E-state index in [1.807, 2.05) is 6.07 Å². The normalized spacial score (nSPS) is 11.9. The lowest BCUT2D eigenvalue weighted by Gasteiger charge is -2.07. The Morgan fingerprint density at radius 2 is 1.62 bits per heavy atom. The number of amides is 1. The molecule has 0 aliphatic heterocycles. The SMILES string of the molecule is O=C(C[S@](=O)Cc1ccccc1Cl)Nc1ccccc1Cl. The van der Waals surface area contributed by atoms with E-state index in [0.717, 1.165) is 5.56 Å². The van der Waals surface area contributed by atoms with Gasteiger partial charge in [0.1, 0.15) is 5.75 Å². The third-order valence-electron chi connectivity index (χ3n) is 2.71. The first-order chi connectivity index (χ1) is 10.1. The van der Waals surface area contributed by atoms with Gasteiger partial charge in [0.25, 0.3) is 0 Å². The molecule has 0 radical (unpaired) electrons. The van der Waals surface area contributed by atoms with E-state index >= 15 is 0 Å². The smallest absolute Gasteiger partial charge is 0.237 e. The molecule has 6 heteroatoms. The van der Waals surface area contributed by atoms with E-state index < -0.39 is 10.8 Å².